The van der Waals surface area contributed by atoms with Crippen molar-refractivity contribution in [2.75, 3.05) is 44.2 Å². The number of halogens is 1. The smallest absolute Gasteiger partial charge is 0.320 e. The van der Waals surface area contributed by atoms with Gasteiger partial charge >= 0.3 is 5.97 Å². The second kappa shape index (κ2) is 7.53. The lowest BCUT2D eigenvalue weighted by atomic mass is 10.2. The van der Waals surface area contributed by atoms with Gasteiger partial charge in [-0.15, -0.1) is 0 Å². The number of fused-ring (bicyclic) bond motifs is 1. The van der Waals surface area contributed by atoms with Crippen molar-refractivity contribution < 1.29 is 13.9 Å². The van der Waals surface area contributed by atoms with Gasteiger partial charge in [0.15, 0.2) is 0 Å². The molecule has 1 aliphatic heterocycles. The molecule has 0 bridgehead atoms. The zero-order valence-electron chi connectivity index (χ0n) is 13.7. The predicted molar refractivity (Wildman–Crippen MR) is 89.4 cm³/mol. The van der Waals surface area contributed by atoms with Crippen molar-refractivity contribution in [3.63, 3.8) is 0 Å². The van der Waals surface area contributed by atoms with Crippen LogP contribution in [0, 0.1) is 5.82 Å². The van der Waals surface area contributed by atoms with E-state index in [9.17, 15) is 9.18 Å². The van der Waals surface area contributed by atoms with Gasteiger partial charge in [-0.2, -0.15) is 0 Å². The van der Waals surface area contributed by atoms with Crippen LogP contribution in [0.5, 0.6) is 0 Å². The van der Waals surface area contributed by atoms with E-state index in [-0.39, 0.29) is 11.8 Å². The van der Waals surface area contributed by atoms with Gasteiger partial charge in [0.25, 0.3) is 0 Å². The summed E-state index contributed by atoms with van der Waals surface area (Å²) in [4.78, 5) is 24.4. The van der Waals surface area contributed by atoms with Crippen LogP contribution < -0.4 is 4.90 Å². The first-order valence-corrected chi connectivity index (χ1v) is 8.20. The third-order valence-electron chi connectivity index (χ3n) is 4.12. The average Bonchev–Trinajstić information content (AvgIpc) is 2.80. The maximum absolute atomic E-state index is 13.6. The first-order chi connectivity index (χ1) is 11.7. The summed E-state index contributed by atoms with van der Waals surface area (Å²) in [6.45, 7) is 5.61. The second-order valence-electron chi connectivity index (χ2n) is 5.78. The molecular formula is C17H21FN4O2. The second-order valence-corrected chi connectivity index (χ2v) is 5.78. The highest BCUT2D eigenvalue weighted by molar-refractivity contribution is 5.89. The quantitative estimate of drug-likeness (QED) is 0.797. The van der Waals surface area contributed by atoms with Crippen LogP contribution in [0.15, 0.2) is 24.5 Å². The summed E-state index contributed by atoms with van der Waals surface area (Å²) in [5.41, 5.74) is 0.731. The number of carbonyl (C=O) groups excluding carboxylic acids is 1. The van der Waals surface area contributed by atoms with Crippen molar-refractivity contribution in [2.45, 2.75) is 13.3 Å². The monoisotopic (exact) mass is 332 g/mol. The molecule has 1 fully saturated rings. The summed E-state index contributed by atoms with van der Waals surface area (Å²) in [6.07, 6.45) is 2.41. The maximum Gasteiger partial charge on any atom is 0.320 e. The standard InChI is InChI=1S/C17H21FN4O2/c1-2-24-16(23)11-21-6-3-7-22(9-8-21)17-14-10-13(18)4-5-15(14)19-12-20-17/h4-5,10,12H,2-3,6-9,11H2,1H3. The number of hydrogen-bond acceptors (Lipinski definition) is 6. The molecule has 0 radical (unpaired) electrons. The number of rotatable bonds is 4. The van der Waals surface area contributed by atoms with E-state index in [2.05, 4.69) is 19.8 Å². The van der Waals surface area contributed by atoms with Crippen molar-refractivity contribution in [2.24, 2.45) is 0 Å². The molecule has 6 nitrogen and oxygen atoms in total. The highest BCUT2D eigenvalue weighted by Crippen LogP contribution is 2.24. The summed E-state index contributed by atoms with van der Waals surface area (Å²) in [6, 6.07) is 4.55. The third kappa shape index (κ3) is 3.79. The van der Waals surface area contributed by atoms with Gasteiger partial charge in [0.1, 0.15) is 18.0 Å². The van der Waals surface area contributed by atoms with E-state index in [1.54, 1.807) is 13.0 Å². The number of benzene rings is 1. The fourth-order valence-corrected chi connectivity index (χ4v) is 3.00. The van der Waals surface area contributed by atoms with Gasteiger partial charge in [0.2, 0.25) is 0 Å². The molecule has 1 saturated heterocycles. The number of hydrogen-bond donors (Lipinski definition) is 0. The van der Waals surface area contributed by atoms with E-state index < -0.39 is 0 Å². The molecule has 2 heterocycles. The Balaban J connectivity index is 1.75. The molecule has 0 N–H and O–H groups in total. The Morgan fingerprint density at radius 3 is 2.96 bits per heavy atom. The van der Waals surface area contributed by atoms with E-state index in [4.69, 9.17) is 4.74 Å². The lowest BCUT2D eigenvalue weighted by Crippen LogP contribution is -2.35. The van der Waals surface area contributed by atoms with Crippen molar-refractivity contribution in [3.8, 4) is 0 Å². The summed E-state index contributed by atoms with van der Waals surface area (Å²) < 4.78 is 18.6. The van der Waals surface area contributed by atoms with Crippen LogP contribution in [0.3, 0.4) is 0 Å². The fraction of sp³-hybridized carbons (Fsp3) is 0.471. The highest BCUT2D eigenvalue weighted by Gasteiger charge is 2.20. The Labute approximate surface area is 140 Å². The lowest BCUT2D eigenvalue weighted by Gasteiger charge is -2.23. The predicted octanol–water partition coefficient (Wildman–Crippen LogP) is 1.84. The molecule has 0 atom stereocenters. The Kier molecular flexibility index (Phi) is 5.20. The topological polar surface area (TPSA) is 58.6 Å². The van der Waals surface area contributed by atoms with Crippen LogP contribution in [0.25, 0.3) is 10.9 Å². The normalized spacial score (nSPS) is 16.2. The molecular weight excluding hydrogens is 311 g/mol. The van der Waals surface area contributed by atoms with Crippen LogP contribution in [-0.4, -0.2) is 60.2 Å². The number of anilines is 1. The molecule has 3 rings (SSSR count). The number of carbonyl (C=O) groups is 1. The van der Waals surface area contributed by atoms with Crippen LogP contribution in [-0.2, 0) is 9.53 Å². The van der Waals surface area contributed by atoms with Crippen molar-refractivity contribution >= 4 is 22.7 Å². The zero-order valence-corrected chi connectivity index (χ0v) is 13.7. The molecule has 1 aromatic carbocycles. The largest absolute Gasteiger partial charge is 0.465 e. The van der Waals surface area contributed by atoms with Crippen LogP contribution in [0.4, 0.5) is 10.2 Å². The summed E-state index contributed by atoms with van der Waals surface area (Å²) in [5, 5.41) is 0.719. The fourth-order valence-electron chi connectivity index (χ4n) is 3.00. The van der Waals surface area contributed by atoms with E-state index in [1.807, 2.05) is 0 Å². The summed E-state index contributed by atoms with van der Waals surface area (Å²) >= 11 is 0. The van der Waals surface area contributed by atoms with Gasteiger partial charge in [-0.05, 0) is 31.5 Å². The van der Waals surface area contributed by atoms with E-state index in [0.717, 1.165) is 49.3 Å². The number of nitrogens with zero attached hydrogens (tertiary/aromatic N) is 4. The molecule has 0 spiro atoms. The number of esters is 1. The molecule has 0 saturated carbocycles. The third-order valence-corrected chi connectivity index (χ3v) is 4.12. The van der Waals surface area contributed by atoms with E-state index in [0.29, 0.717) is 13.2 Å². The number of aromatic nitrogens is 2. The molecule has 24 heavy (non-hydrogen) atoms. The van der Waals surface area contributed by atoms with Gasteiger partial charge in [-0.3, -0.25) is 9.69 Å². The maximum atomic E-state index is 13.6. The van der Waals surface area contributed by atoms with Crippen LogP contribution in [0.2, 0.25) is 0 Å². The summed E-state index contributed by atoms with van der Waals surface area (Å²) in [5.74, 6) is 0.260. The first-order valence-electron chi connectivity index (χ1n) is 8.20. The zero-order chi connectivity index (χ0) is 16.9. The van der Waals surface area contributed by atoms with Crippen molar-refractivity contribution in [3.05, 3.63) is 30.3 Å². The minimum atomic E-state index is -0.294. The molecule has 2 aromatic rings. The minimum absolute atomic E-state index is 0.194. The minimum Gasteiger partial charge on any atom is -0.465 e. The van der Waals surface area contributed by atoms with Crippen molar-refractivity contribution in [1.82, 2.24) is 14.9 Å². The Morgan fingerprint density at radius 2 is 2.12 bits per heavy atom. The first kappa shape index (κ1) is 16.6. The molecule has 0 unspecified atom stereocenters. The van der Waals surface area contributed by atoms with Gasteiger partial charge in [-0.25, -0.2) is 14.4 Å². The van der Waals surface area contributed by atoms with E-state index in [1.165, 1.54) is 18.5 Å². The van der Waals surface area contributed by atoms with Crippen molar-refractivity contribution in [1.29, 1.82) is 0 Å². The summed E-state index contributed by atoms with van der Waals surface area (Å²) in [7, 11) is 0. The highest BCUT2D eigenvalue weighted by atomic mass is 19.1. The molecule has 7 heteroatoms. The van der Waals surface area contributed by atoms with Gasteiger partial charge in [-0.1, -0.05) is 0 Å². The van der Waals surface area contributed by atoms with Gasteiger partial charge in [0, 0.05) is 31.6 Å². The van der Waals surface area contributed by atoms with Gasteiger partial charge in [0.05, 0.1) is 18.7 Å². The Bertz CT molecular complexity index is 725. The molecule has 0 aliphatic carbocycles. The van der Waals surface area contributed by atoms with E-state index >= 15 is 0 Å². The lowest BCUT2D eigenvalue weighted by molar-refractivity contribution is -0.144. The SMILES string of the molecule is CCOC(=O)CN1CCCN(c2ncnc3ccc(F)cc23)CC1. The van der Waals surface area contributed by atoms with Crippen LogP contribution >= 0.6 is 0 Å². The van der Waals surface area contributed by atoms with Crippen LogP contribution in [0.1, 0.15) is 13.3 Å². The van der Waals surface area contributed by atoms with Gasteiger partial charge < -0.3 is 9.64 Å². The number of ether oxygens (including phenoxy) is 1. The molecule has 1 aliphatic rings. The molecule has 1 aromatic heterocycles. The molecule has 128 valence electrons. The Morgan fingerprint density at radius 1 is 1.25 bits per heavy atom. The average molecular weight is 332 g/mol. The Hall–Kier alpha value is -2.28. The molecule has 0 amide bonds.